The maximum atomic E-state index is 13.8. The molecule has 0 radical (unpaired) electrons. The fourth-order valence-electron chi connectivity index (χ4n) is 2.70. The van der Waals surface area contributed by atoms with Gasteiger partial charge in [-0.1, -0.05) is 0 Å². The largest absolute Gasteiger partial charge is 0.384 e. The summed E-state index contributed by atoms with van der Waals surface area (Å²) in [5, 5.41) is 2.80. The fraction of sp³-hybridized carbons (Fsp3) is 0.267. The summed E-state index contributed by atoms with van der Waals surface area (Å²) in [7, 11) is 0. The molecule has 1 aliphatic rings. The molecule has 7 nitrogen and oxygen atoms in total. The zero-order valence-electron chi connectivity index (χ0n) is 12.7. The molecule has 5 N–H and O–H groups in total. The van der Waals surface area contributed by atoms with E-state index in [0.717, 1.165) is 6.07 Å². The number of hydrogen-bond donors (Lipinski definition) is 3. The first-order valence-corrected chi connectivity index (χ1v) is 7.33. The number of nitrogen functional groups attached to an aromatic ring is 2. The minimum Gasteiger partial charge on any atom is -0.384 e. The average Bonchev–Trinajstić information content (AvgIpc) is 2.94. The summed E-state index contributed by atoms with van der Waals surface area (Å²) in [4.78, 5) is 21.5. The first kappa shape index (κ1) is 15.9. The lowest BCUT2D eigenvalue weighted by atomic mass is 10.2. The van der Waals surface area contributed by atoms with Crippen molar-refractivity contribution in [2.24, 2.45) is 0 Å². The van der Waals surface area contributed by atoms with E-state index in [2.05, 4.69) is 15.3 Å². The third-order valence-corrected chi connectivity index (χ3v) is 3.77. The van der Waals surface area contributed by atoms with Crippen LogP contribution in [0.4, 0.5) is 26.2 Å². The maximum absolute atomic E-state index is 13.8. The average molecular weight is 334 g/mol. The number of aromatic nitrogens is 2. The van der Waals surface area contributed by atoms with Gasteiger partial charge >= 0.3 is 0 Å². The number of carbonyl (C=O) groups is 1. The Bertz CT molecular complexity index is 764. The van der Waals surface area contributed by atoms with E-state index in [9.17, 15) is 13.6 Å². The predicted octanol–water partition coefficient (Wildman–Crippen LogP) is 0.928. The Morgan fingerprint density at radius 1 is 1.25 bits per heavy atom. The predicted molar refractivity (Wildman–Crippen MR) is 85.3 cm³/mol. The number of halogens is 2. The Labute approximate surface area is 136 Å². The van der Waals surface area contributed by atoms with Crippen molar-refractivity contribution in [2.45, 2.75) is 12.5 Å². The zero-order valence-corrected chi connectivity index (χ0v) is 12.7. The lowest BCUT2D eigenvalue weighted by molar-refractivity contribution is 0.0935. The molecular weight excluding hydrogens is 318 g/mol. The molecule has 0 aliphatic carbocycles. The molecule has 0 bridgehead atoms. The van der Waals surface area contributed by atoms with Crippen molar-refractivity contribution >= 4 is 23.4 Å². The summed E-state index contributed by atoms with van der Waals surface area (Å²) >= 11 is 0. The molecule has 2 aromatic rings. The number of nitrogens with zero attached hydrogens (tertiary/aromatic N) is 3. The van der Waals surface area contributed by atoms with E-state index in [1.165, 1.54) is 18.2 Å². The molecule has 1 atom stereocenters. The van der Waals surface area contributed by atoms with Crippen LogP contribution in [0.15, 0.2) is 24.3 Å². The Balaban J connectivity index is 1.66. The summed E-state index contributed by atoms with van der Waals surface area (Å²) in [5.41, 5.74) is 11.4. The third kappa shape index (κ3) is 3.34. The molecule has 0 saturated carbocycles. The number of rotatable bonds is 3. The number of nitrogens with two attached hydrogens (primary N) is 2. The minimum atomic E-state index is -0.627. The second kappa shape index (κ2) is 6.26. The molecule has 1 aromatic carbocycles. The van der Waals surface area contributed by atoms with Gasteiger partial charge in [-0.25, -0.2) is 13.8 Å². The van der Waals surface area contributed by atoms with E-state index < -0.39 is 17.5 Å². The monoisotopic (exact) mass is 334 g/mol. The van der Waals surface area contributed by atoms with Crippen LogP contribution in [-0.4, -0.2) is 35.0 Å². The van der Waals surface area contributed by atoms with Crippen LogP contribution in [0.2, 0.25) is 0 Å². The first-order valence-electron chi connectivity index (χ1n) is 7.33. The van der Waals surface area contributed by atoms with Crippen LogP contribution in [-0.2, 0) is 0 Å². The topological polar surface area (TPSA) is 110 Å². The van der Waals surface area contributed by atoms with Gasteiger partial charge in [-0.2, -0.15) is 4.98 Å². The van der Waals surface area contributed by atoms with Crippen molar-refractivity contribution in [3.8, 4) is 0 Å². The fourth-order valence-corrected chi connectivity index (χ4v) is 2.70. The zero-order chi connectivity index (χ0) is 17.3. The number of nitrogens with one attached hydrogen (secondary N) is 1. The van der Waals surface area contributed by atoms with E-state index in [0.29, 0.717) is 25.2 Å². The van der Waals surface area contributed by atoms with Crippen molar-refractivity contribution < 1.29 is 13.6 Å². The van der Waals surface area contributed by atoms with Crippen LogP contribution in [0.3, 0.4) is 0 Å². The summed E-state index contributed by atoms with van der Waals surface area (Å²) in [5.74, 6) is -1.66. The van der Waals surface area contributed by atoms with E-state index in [4.69, 9.17) is 11.5 Å². The van der Waals surface area contributed by atoms with Crippen molar-refractivity contribution in [1.82, 2.24) is 15.3 Å². The molecule has 1 unspecified atom stereocenters. The van der Waals surface area contributed by atoms with E-state index in [1.807, 2.05) is 0 Å². The molecule has 1 saturated heterocycles. The number of benzene rings is 1. The molecule has 126 valence electrons. The van der Waals surface area contributed by atoms with Crippen LogP contribution >= 0.6 is 0 Å². The number of amides is 1. The van der Waals surface area contributed by atoms with E-state index in [1.54, 1.807) is 4.90 Å². The highest BCUT2D eigenvalue weighted by molar-refractivity contribution is 5.93. The molecule has 2 heterocycles. The number of hydrogen-bond acceptors (Lipinski definition) is 6. The first-order chi connectivity index (χ1) is 11.4. The quantitative estimate of drug-likeness (QED) is 0.770. The Morgan fingerprint density at radius 3 is 2.75 bits per heavy atom. The molecule has 1 amide bonds. The molecule has 24 heavy (non-hydrogen) atoms. The Morgan fingerprint density at radius 2 is 2.04 bits per heavy atom. The third-order valence-electron chi connectivity index (χ3n) is 3.77. The van der Waals surface area contributed by atoms with Crippen LogP contribution in [0.25, 0.3) is 0 Å². The highest BCUT2D eigenvalue weighted by Gasteiger charge is 2.26. The van der Waals surface area contributed by atoms with Crippen molar-refractivity contribution in [2.75, 3.05) is 29.5 Å². The van der Waals surface area contributed by atoms with Gasteiger partial charge in [-0.15, -0.1) is 0 Å². The minimum absolute atomic E-state index is 0.0754. The SMILES string of the molecule is Nc1cc(C(=O)NC2CCN(c3ccc(F)cc3F)C2)nc(N)n1. The molecule has 0 spiro atoms. The van der Waals surface area contributed by atoms with Crippen LogP contribution < -0.4 is 21.7 Å². The molecule has 1 aromatic heterocycles. The maximum Gasteiger partial charge on any atom is 0.270 e. The van der Waals surface area contributed by atoms with Gasteiger partial charge in [-0.05, 0) is 18.6 Å². The summed E-state index contributed by atoms with van der Waals surface area (Å²) in [6, 6.07) is 4.57. The van der Waals surface area contributed by atoms with E-state index >= 15 is 0 Å². The second-order valence-corrected chi connectivity index (χ2v) is 5.54. The molecule has 3 rings (SSSR count). The number of anilines is 3. The van der Waals surface area contributed by atoms with Gasteiger partial charge in [0.1, 0.15) is 23.1 Å². The van der Waals surface area contributed by atoms with Gasteiger partial charge in [0.05, 0.1) is 5.69 Å². The van der Waals surface area contributed by atoms with Crippen LogP contribution in [0.5, 0.6) is 0 Å². The van der Waals surface area contributed by atoms with Crippen molar-refractivity contribution in [3.63, 3.8) is 0 Å². The summed E-state index contributed by atoms with van der Waals surface area (Å²) < 4.78 is 26.8. The van der Waals surface area contributed by atoms with Crippen molar-refractivity contribution in [3.05, 3.63) is 41.6 Å². The van der Waals surface area contributed by atoms with Gasteiger partial charge in [0.2, 0.25) is 5.95 Å². The Kier molecular flexibility index (Phi) is 4.15. The van der Waals surface area contributed by atoms with Gasteiger partial charge in [-0.3, -0.25) is 4.79 Å². The van der Waals surface area contributed by atoms with Gasteiger partial charge in [0.15, 0.2) is 0 Å². The molecule has 1 fully saturated rings. The summed E-state index contributed by atoms with van der Waals surface area (Å²) in [6.45, 7) is 0.950. The smallest absolute Gasteiger partial charge is 0.270 e. The highest BCUT2D eigenvalue weighted by atomic mass is 19.1. The summed E-state index contributed by atoms with van der Waals surface area (Å²) in [6.07, 6.45) is 0.624. The van der Waals surface area contributed by atoms with Crippen LogP contribution in [0, 0.1) is 11.6 Å². The van der Waals surface area contributed by atoms with Gasteiger partial charge in [0.25, 0.3) is 5.91 Å². The van der Waals surface area contributed by atoms with E-state index in [-0.39, 0.29) is 23.5 Å². The molecular formula is C15H16F2N6O. The van der Waals surface area contributed by atoms with Crippen molar-refractivity contribution in [1.29, 1.82) is 0 Å². The normalized spacial score (nSPS) is 17.1. The lowest BCUT2D eigenvalue weighted by Gasteiger charge is -2.19. The molecule has 1 aliphatic heterocycles. The lowest BCUT2D eigenvalue weighted by Crippen LogP contribution is -2.37. The van der Waals surface area contributed by atoms with Gasteiger partial charge in [0, 0.05) is 31.3 Å². The molecule has 9 heteroatoms. The Hall–Kier alpha value is -2.97. The number of carbonyl (C=O) groups excluding carboxylic acids is 1. The van der Waals surface area contributed by atoms with Gasteiger partial charge < -0.3 is 21.7 Å². The highest BCUT2D eigenvalue weighted by Crippen LogP contribution is 2.24. The second-order valence-electron chi connectivity index (χ2n) is 5.54. The standard InChI is InChI=1S/C15H16F2N6O/c16-8-1-2-12(10(17)5-8)23-4-3-9(7-23)20-14(24)11-6-13(18)22-15(19)21-11/h1-2,5-6,9H,3-4,7H2,(H,20,24)(H4,18,19,21,22). The van der Waals surface area contributed by atoms with Crippen LogP contribution in [0.1, 0.15) is 16.9 Å².